The largest absolute Gasteiger partial charge is 0.386 e. The molecule has 0 bridgehead atoms. The lowest BCUT2D eigenvalue weighted by Gasteiger charge is -2.15. The minimum Gasteiger partial charge on any atom is -0.386 e. The number of aliphatic hydroxyl groups is 1. The van der Waals surface area contributed by atoms with Crippen LogP contribution in [-0.2, 0) is 0 Å². The molecule has 0 radical (unpaired) electrons. The monoisotopic (exact) mass is 357 g/mol. The first-order valence-corrected chi connectivity index (χ1v) is 8.99. The van der Waals surface area contributed by atoms with E-state index in [-0.39, 0.29) is 12.2 Å². The standard InChI is InChI=1S/C22H21N4O/c1-16(21(27)18-7-3-2-4-8-18)23-15-17-10-12-19(13-11-17)22-24-20-9-5-6-14-26(20)25-22/h2-16,21-22,27H,1H3/q+1/t16-,21-,22?/m0/s1. The summed E-state index contributed by atoms with van der Waals surface area (Å²) in [5.41, 5.74) is 3.75. The van der Waals surface area contributed by atoms with Gasteiger partial charge in [0.05, 0.1) is 6.04 Å². The maximum atomic E-state index is 10.4. The SMILES string of the molecule is C[C@H](N=Cc1ccc(C2N=c3cccc[n+]3=N2)cc1)[C@H](O)c1ccccc1. The molecule has 1 aliphatic heterocycles. The summed E-state index contributed by atoms with van der Waals surface area (Å²) in [5.74, 6) is 0. The smallest absolute Gasteiger partial charge is 0.345 e. The molecule has 0 aliphatic carbocycles. The van der Waals surface area contributed by atoms with Crippen molar-refractivity contribution in [1.29, 1.82) is 0 Å². The van der Waals surface area contributed by atoms with Crippen LogP contribution >= 0.6 is 0 Å². The van der Waals surface area contributed by atoms with Crippen LogP contribution in [0.2, 0.25) is 0 Å². The Morgan fingerprint density at radius 1 is 1.00 bits per heavy atom. The summed E-state index contributed by atoms with van der Waals surface area (Å²) in [6, 6.07) is 23.3. The van der Waals surface area contributed by atoms with Gasteiger partial charge in [0.2, 0.25) is 0 Å². The number of aromatic nitrogens is 1. The van der Waals surface area contributed by atoms with Gasteiger partial charge in [0.25, 0.3) is 6.17 Å². The van der Waals surface area contributed by atoms with Gasteiger partial charge in [-0.2, -0.15) is 0 Å². The lowest BCUT2D eigenvalue weighted by atomic mass is 10.0. The minimum atomic E-state index is -0.617. The number of nitrogens with zero attached hydrogens (tertiary/aromatic N) is 4. The number of hydrogen-bond acceptors (Lipinski definition) is 4. The van der Waals surface area contributed by atoms with E-state index in [1.807, 2.05) is 85.9 Å². The van der Waals surface area contributed by atoms with E-state index in [0.29, 0.717) is 0 Å². The first kappa shape index (κ1) is 17.2. The lowest BCUT2D eigenvalue weighted by Crippen LogP contribution is -2.32. The second kappa shape index (κ2) is 7.60. The van der Waals surface area contributed by atoms with Crippen molar-refractivity contribution in [3.63, 3.8) is 0 Å². The fourth-order valence-electron chi connectivity index (χ4n) is 3.00. The molecular formula is C22H21N4O+. The number of benzene rings is 2. The second-order valence-corrected chi connectivity index (χ2v) is 6.56. The molecule has 5 nitrogen and oxygen atoms in total. The Labute approximate surface area is 157 Å². The van der Waals surface area contributed by atoms with Crippen molar-refractivity contribution in [3.8, 4) is 0 Å². The van der Waals surface area contributed by atoms with Gasteiger partial charge < -0.3 is 5.11 Å². The van der Waals surface area contributed by atoms with Gasteiger partial charge in [0.15, 0.2) is 0 Å². The first-order valence-electron chi connectivity index (χ1n) is 8.99. The van der Waals surface area contributed by atoms with E-state index in [1.54, 1.807) is 10.6 Å². The van der Waals surface area contributed by atoms with Gasteiger partial charge in [0.1, 0.15) is 12.3 Å². The average molecular weight is 357 g/mol. The molecule has 1 aliphatic rings. The van der Waals surface area contributed by atoms with Crippen LogP contribution in [-0.4, -0.2) is 17.4 Å². The third-order valence-electron chi connectivity index (χ3n) is 4.60. The molecule has 0 spiro atoms. The number of pyridine rings is 1. The number of rotatable bonds is 5. The van der Waals surface area contributed by atoms with Crippen LogP contribution in [0.5, 0.6) is 0 Å². The molecule has 2 heterocycles. The molecule has 1 N–H and O–H groups in total. The molecule has 3 atom stereocenters. The van der Waals surface area contributed by atoms with Gasteiger partial charge in [-0.3, -0.25) is 4.99 Å². The van der Waals surface area contributed by atoms with E-state index in [0.717, 1.165) is 22.2 Å². The molecule has 0 saturated carbocycles. The van der Waals surface area contributed by atoms with Crippen LogP contribution in [0, 0.1) is 0 Å². The highest BCUT2D eigenvalue weighted by molar-refractivity contribution is 5.79. The average Bonchev–Trinajstić information content (AvgIpc) is 3.17. The van der Waals surface area contributed by atoms with Crippen LogP contribution in [0.15, 0.2) is 94.1 Å². The number of aliphatic hydroxyl groups excluding tert-OH is 1. The van der Waals surface area contributed by atoms with Crippen LogP contribution < -0.4 is 9.85 Å². The van der Waals surface area contributed by atoms with Crippen molar-refractivity contribution in [3.05, 3.63) is 101 Å². The fraction of sp³-hybridized carbons (Fsp3) is 0.182. The summed E-state index contributed by atoms with van der Waals surface area (Å²) in [5, 5.41) is 15.0. The highest BCUT2D eigenvalue weighted by Crippen LogP contribution is 2.20. The maximum Gasteiger partial charge on any atom is 0.345 e. The van der Waals surface area contributed by atoms with Crippen LogP contribution in [0.4, 0.5) is 0 Å². The van der Waals surface area contributed by atoms with Gasteiger partial charge in [-0.25, -0.2) is 0 Å². The van der Waals surface area contributed by atoms with Crippen molar-refractivity contribution in [1.82, 2.24) is 0 Å². The summed E-state index contributed by atoms with van der Waals surface area (Å²) in [4.78, 5) is 9.12. The Hall–Kier alpha value is -3.18. The summed E-state index contributed by atoms with van der Waals surface area (Å²) in [7, 11) is 0. The number of hydrogen-bond donors (Lipinski definition) is 1. The normalized spacial score (nSPS) is 17.8. The molecule has 1 aromatic heterocycles. The van der Waals surface area contributed by atoms with Gasteiger partial charge in [-0.1, -0.05) is 65.8 Å². The molecule has 3 aromatic rings. The summed E-state index contributed by atoms with van der Waals surface area (Å²) in [6.07, 6.45) is 2.87. The Bertz CT molecular complexity index is 1030. The summed E-state index contributed by atoms with van der Waals surface area (Å²) >= 11 is 0. The molecule has 2 aromatic carbocycles. The molecule has 1 unspecified atom stereocenters. The zero-order chi connectivity index (χ0) is 18.6. The first-order chi connectivity index (χ1) is 13.2. The Balaban J connectivity index is 1.45. The van der Waals surface area contributed by atoms with Crippen molar-refractivity contribution >= 4 is 6.21 Å². The van der Waals surface area contributed by atoms with Gasteiger partial charge in [-0.05, 0) is 29.1 Å². The van der Waals surface area contributed by atoms with Crippen LogP contribution in [0.3, 0.4) is 0 Å². The molecule has 27 heavy (non-hydrogen) atoms. The van der Waals surface area contributed by atoms with Crippen molar-refractivity contribution < 1.29 is 9.47 Å². The van der Waals surface area contributed by atoms with Crippen molar-refractivity contribution in [2.45, 2.75) is 25.2 Å². The predicted octanol–water partition coefficient (Wildman–Crippen LogP) is 2.88. The quantitative estimate of drug-likeness (QED) is 0.554. The second-order valence-electron chi connectivity index (χ2n) is 6.56. The van der Waals surface area contributed by atoms with E-state index in [2.05, 4.69) is 15.1 Å². The Morgan fingerprint density at radius 2 is 1.74 bits per heavy atom. The molecule has 0 fully saturated rings. The molecule has 0 saturated heterocycles. The minimum absolute atomic E-state index is 0.211. The Kier molecular flexibility index (Phi) is 4.85. The predicted molar refractivity (Wildman–Crippen MR) is 103 cm³/mol. The van der Waals surface area contributed by atoms with E-state index < -0.39 is 6.10 Å². The van der Waals surface area contributed by atoms with Crippen molar-refractivity contribution in [2.24, 2.45) is 15.1 Å². The van der Waals surface area contributed by atoms with Crippen LogP contribution in [0.1, 0.15) is 35.9 Å². The molecule has 0 amide bonds. The van der Waals surface area contributed by atoms with Gasteiger partial charge >= 0.3 is 5.49 Å². The van der Waals surface area contributed by atoms with E-state index in [9.17, 15) is 5.11 Å². The van der Waals surface area contributed by atoms with Crippen LogP contribution in [0.25, 0.3) is 0 Å². The zero-order valence-electron chi connectivity index (χ0n) is 15.1. The third-order valence-corrected chi connectivity index (χ3v) is 4.60. The van der Waals surface area contributed by atoms with E-state index in [4.69, 9.17) is 0 Å². The van der Waals surface area contributed by atoms with E-state index in [1.165, 1.54) is 0 Å². The molecule has 134 valence electrons. The molecular weight excluding hydrogens is 336 g/mol. The topological polar surface area (TPSA) is 63.2 Å². The maximum absolute atomic E-state index is 10.4. The molecule has 4 rings (SSSR count). The summed E-state index contributed by atoms with van der Waals surface area (Å²) in [6.45, 7) is 1.91. The van der Waals surface area contributed by atoms with Gasteiger partial charge in [-0.15, -0.1) is 4.36 Å². The Morgan fingerprint density at radius 3 is 2.48 bits per heavy atom. The van der Waals surface area contributed by atoms with Gasteiger partial charge in [0, 0.05) is 17.8 Å². The zero-order valence-corrected chi connectivity index (χ0v) is 15.1. The molecule has 5 heteroatoms. The third kappa shape index (κ3) is 3.83. The highest BCUT2D eigenvalue weighted by atomic mass is 16.3. The summed E-state index contributed by atoms with van der Waals surface area (Å²) < 4.78 is 1.80. The van der Waals surface area contributed by atoms with Crippen molar-refractivity contribution in [2.75, 3.05) is 0 Å². The highest BCUT2D eigenvalue weighted by Gasteiger charge is 2.21. The van der Waals surface area contributed by atoms with E-state index >= 15 is 0 Å². The lowest BCUT2D eigenvalue weighted by molar-refractivity contribution is -0.560. The number of fused-ring (bicyclic) bond motifs is 1. The fourth-order valence-corrected chi connectivity index (χ4v) is 3.00. The number of aliphatic imine (C=N–C) groups is 1.